The van der Waals surface area contributed by atoms with Crippen LogP contribution < -0.4 is 10.6 Å². The van der Waals surface area contributed by atoms with Crippen molar-refractivity contribution < 1.29 is 0 Å². The molecule has 0 amide bonds. The smallest absolute Gasteiger partial charge is 0.00770 e. The van der Waals surface area contributed by atoms with Crippen LogP contribution in [0.4, 0.5) is 0 Å². The maximum Gasteiger partial charge on any atom is 0.00770 e. The molecule has 2 N–H and O–H groups in total. The standard InChI is InChI=1S/C6H16N2S/c1-2-7-3-4-8-5-6-9/h7-9H,2-6H2,1H3. The van der Waals surface area contributed by atoms with Gasteiger partial charge in [0.25, 0.3) is 0 Å². The van der Waals surface area contributed by atoms with Crippen molar-refractivity contribution in [2.75, 3.05) is 31.9 Å². The second kappa shape index (κ2) is 8.27. The predicted molar refractivity (Wildman–Crippen MR) is 45.3 cm³/mol. The van der Waals surface area contributed by atoms with Crippen LogP contribution in [0.5, 0.6) is 0 Å². The number of rotatable bonds is 6. The second-order valence-electron chi connectivity index (χ2n) is 1.83. The van der Waals surface area contributed by atoms with E-state index in [4.69, 9.17) is 0 Å². The van der Waals surface area contributed by atoms with E-state index >= 15 is 0 Å². The van der Waals surface area contributed by atoms with Gasteiger partial charge in [-0.05, 0) is 6.54 Å². The third-order valence-corrected chi connectivity index (χ3v) is 1.24. The van der Waals surface area contributed by atoms with Crippen molar-refractivity contribution in [3.63, 3.8) is 0 Å². The molecule has 56 valence electrons. The van der Waals surface area contributed by atoms with Gasteiger partial charge in [0.1, 0.15) is 0 Å². The highest BCUT2D eigenvalue weighted by Crippen LogP contribution is 1.66. The van der Waals surface area contributed by atoms with E-state index < -0.39 is 0 Å². The van der Waals surface area contributed by atoms with E-state index in [0.717, 1.165) is 31.9 Å². The lowest BCUT2D eigenvalue weighted by atomic mass is 10.5. The molecule has 9 heavy (non-hydrogen) atoms. The van der Waals surface area contributed by atoms with Crippen LogP contribution in [-0.2, 0) is 0 Å². The SMILES string of the molecule is CCNCCNCCS. The Balaban J connectivity index is 2.60. The van der Waals surface area contributed by atoms with Gasteiger partial charge in [-0.15, -0.1) is 0 Å². The Morgan fingerprint density at radius 1 is 1.11 bits per heavy atom. The van der Waals surface area contributed by atoms with Crippen molar-refractivity contribution in [3.05, 3.63) is 0 Å². The second-order valence-corrected chi connectivity index (χ2v) is 2.27. The van der Waals surface area contributed by atoms with Crippen molar-refractivity contribution in [1.82, 2.24) is 10.6 Å². The van der Waals surface area contributed by atoms with Gasteiger partial charge in [-0.25, -0.2) is 0 Å². The lowest BCUT2D eigenvalue weighted by Crippen LogP contribution is -2.28. The zero-order valence-electron chi connectivity index (χ0n) is 5.98. The lowest BCUT2D eigenvalue weighted by molar-refractivity contribution is 0.643. The summed E-state index contributed by atoms with van der Waals surface area (Å²) in [5, 5.41) is 6.45. The van der Waals surface area contributed by atoms with Crippen LogP contribution in [-0.4, -0.2) is 31.9 Å². The number of thiol groups is 1. The summed E-state index contributed by atoms with van der Waals surface area (Å²) in [7, 11) is 0. The first kappa shape index (κ1) is 9.27. The quantitative estimate of drug-likeness (QED) is 0.368. The molecule has 0 unspecified atom stereocenters. The summed E-state index contributed by atoms with van der Waals surface area (Å²) in [4.78, 5) is 0. The third kappa shape index (κ3) is 8.27. The van der Waals surface area contributed by atoms with E-state index in [9.17, 15) is 0 Å². The number of hydrogen-bond donors (Lipinski definition) is 3. The van der Waals surface area contributed by atoms with Crippen molar-refractivity contribution in [2.45, 2.75) is 6.92 Å². The highest BCUT2D eigenvalue weighted by atomic mass is 32.1. The Labute approximate surface area is 62.8 Å². The molecule has 0 saturated heterocycles. The summed E-state index contributed by atoms with van der Waals surface area (Å²) in [6, 6.07) is 0. The first-order valence-corrected chi connectivity index (χ1v) is 4.07. The highest BCUT2D eigenvalue weighted by Gasteiger charge is 1.82. The summed E-state index contributed by atoms with van der Waals surface area (Å²) < 4.78 is 0. The first-order chi connectivity index (χ1) is 4.41. The average Bonchev–Trinajstić information content (AvgIpc) is 1.89. The van der Waals surface area contributed by atoms with Gasteiger partial charge in [-0.3, -0.25) is 0 Å². The average molecular weight is 148 g/mol. The molecule has 0 aliphatic rings. The molecular weight excluding hydrogens is 132 g/mol. The van der Waals surface area contributed by atoms with Gasteiger partial charge in [0.05, 0.1) is 0 Å². The zero-order valence-corrected chi connectivity index (χ0v) is 6.88. The van der Waals surface area contributed by atoms with Crippen molar-refractivity contribution >= 4 is 12.6 Å². The van der Waals surface area contributed by atoms with E-state index in [1.165, 1.54) is 0 Å². The molecule has 0 atom stereocenters. The monoisotopic (exact) mass is 148 g/mol. The Morgan fingerprint density at radius 3 is 2.33 bits per heavy atom. The topological polar surface area (TPSA) is 24.1 Å². The largest absolute Gasteiger partial charge is 0.316 e. The lowest BCUT2D eigenvalue weighted by Gasteiger charge is -2.01. The molecule has 0 aliphatic carbocycles. The maximum absolute atomic E-state index is 4.06. The normalized spacial score (nSPS) is 10.0. The van der Waals surface area contributed by atoms with Gasteiger partial charge in [0.2, 0.25) is 0 Å². The van der Waals surface area contributed by atoms with Crippen LogP contribution in [0.1, 0.15) is 6.92 Å². The highest BCUT2D eigenvalue weighted by molar-refractivity contribution is 7.80. The fourth-order valence-electron chi connectivity index (χ4n) is 0.558. The summed E-state index contributed by atoms with van der Waals surface area (Å²) in [5.74, 6) is 0.923. The molecule has 0 heterocycles. The fraction of sp³-hybridized carbons (Fsp3) is 1.00. The molecule has 2 nitrogen and oxygen atoms in total. The minimum atomic E-state index is 0.923. The molecular formula is C6H16N2S. The van der Waals surface area contributed by atoms with Gasteiger partial charge in [-0.2, -0.15) is 12.6 Å². The third-order valence-electron chi connectivity index (χ3n) is 1.02. The van der Waals surface area contributed by atoms with E-state index in [2.05, 4.69) is 30.2 Å². The molecule has 0 bridgehead atoms. The Hall–Kier alpha value is 0.270. The van der Waals surface area contributed by atoms with E-state index in [1.807, 2.05) is 0 Å². The molecule has 0 radical (unpaired) electrons. The Morgan fingerprint density at radius 2 is 1.78 bits per heavy atom. The molecule has 0 aromatic rings. The predicted octanol–water partition coefficient (Wildman–Crippen LogP) is 0.115. The van der Waals surface area contributed by atoms with Crippen molar-refractivity contribution in [3.8, 4) is 0 Å². The fourth-order valence-corrected chi connectivity index (χ4v) is 0.716. The molecule has 0 aromatic carbocycles. The molecule has 0 saturated carbocycles. The molecule has 0 rings (SSSR count). The van der Waals surface area contributed by atoms with Gasteiger partial charge < -0.3 is 10.6 Å². The maximum atomic E-state index is 4.06. The number of hydrogen-bond acceptors (Lipinski definition) is 3. The molecule has 3 heteroatoms. The van der Waals surface area contributed by atoms with Gasteiger partial charge in [-0.1, -0.05) is 6.92 Å². The van der Waals surface area contributed by atoms with E-state index in [-0.39, 0.29) is 0 Å². The summed E-state index contributed by atoms with van der Waals surface area (Å²) in [5.41, 5.74) is 0. The number of nitrogens with one attached hydrogen (secondary N) is 2. The first-order valence-electron chi connectivity index (χ1n) is 3.44. The zero-order chi connectivity index (χ0) is 6.95. The molecule has 0 aliphatic heterocycles. The van der Waals surface area contributed by atoms with Crippen LogP contribution in [0, 0.1) is 0 Å². The van der Waals surface area contributed by atoms with Crippen LogP contribution in [0.3, 0.4) is 0 Å². The van der Waals surface area contributed by atoms with Crippen molar-refractivity contribution in [2.24, 2.45) is 0 Å². The Kier molecular flexibility index (Phi) is 8.52. The van der Waals surface area contributed by atoms with Crippen LogP contribution in [0.25, 0.3) is 0 Å². The summed E-state index contributed by atoms with van der Waals surface area (Å²) in [6.07, 6.45) is 0. The summed E-state index contributed by atoms with van der Waals surface area (Å²) >= 11 is 4.06. The van der Waals surface area contributed by atoms with Gasteiger partial charge >= 0.3 is 0 Å². The molecule has 0 aromatic heterocycles. The molecule has 0 spiro atoms. The van der Waals surface area contributed by atoms with Crippen molar-refractivity contribution in [1.29, 1.82) is 0 Å². The van der Waals surface area contributed by atoms with E-state index in [0.29, 0.717) is 0 Å². The van der Waals surface area contributed by atoms with Gasteiger partial charge in [0.15, 0.2) is 0 Å². The van der Waals surface area contributed by atoms with Gasteiger partial charge in [0, 0.05) is 25.4 Å². The van der Waals surface area contributed by atoms with E-state index in [1.54, 1.807) is 0 Å². The van der Waals surface area contributed by atoms with Crippen LogP contribution in [0.15, 0.2) is 0 Å². The summed E-state index contributed by atoms with van der Waals surface area (Å²) in [6.45, 7) is 6.29. The van der Waals surface area contributed by atoms with Crippen LogP contribution in [0.2, 0.25) is 0 Å². The number of likely N-dealkylation sites (N-methyl/N-ethyl adjacent to an activating group) is 1. The van der Waals surface area contributed by atoms with Crippen LogP contribution >= 0.6 is 12.6 Å². The minimum Gasteiger partial charge on any atom is -0.316 e. The molecule has 0 fully saturated rings. The minimum absolute atomic E-state index is 0.923. The Bertz CT molecular complexity index is 44.3.